The van der Waals surface area contributed by atoms with E-state index in [-0.39, 0.29) is 11.6 Å². The van der Waals surface area contributed by atoms with Crippen LogP contribution in [-0.2, 0) is 6.42 Å². The van der Waals surface area contributed by atoms with E-state index in [1.54, 1.807) is 16.4 Å². The minimum atomic E-state index is 0.0438. The molecule has 0 unspecified atom stereocenters. The van der Waals surface area contributed by atoms with Gasteiger partial charge in [0.1, 0.15) is 0 Å². The molecule has 1 fully saturated rings. The van der Waals surface area contributed by atoms with Crippen LogP contribution < -0.4 is 5.56 Å². The van der Waals surface area contributed by atoms with Gasteiger partial charge in [0.15, 0.2) is 0 Å². The number of pyridine rings is 1. The number of benzene rings is 2. The molecule has 0 saturated heterocycles. The topological polar surface area (TPSA) is 47.8 Å². The van der Waals surface area contributed by atoms with E-state index in [1.807, 2.05) is 24.7 Å². The minimum Gasteiger partial charge on any atom is -0.267 e. The highest BCUT2D eigenvalue weighted by molar-refractivity contribution is 7.98. The molecule has 2 aromatic carbocycles. The molecule has 5 heteroatoms. The van der Waals surface area contributed by atoms with Crippen molar-refractivity contribution >= 4 is 33.3 Å². The first-order valence-electron chi connectivity index (χ1n) is 10.7. The second-order valence-corrected chi connectivity index (χ2v) is 8.94. The van der Waals surface area contributed by atoms with Crippen molar-refractivity contribution < 1.29 is 0 Å². The zero-order valence-corrected chi connectivity index (χ0v) is 18.0. The minimum absolute atomic E-state index is 0.0438. The molecular weight excluding hydrogens is 390 g/mol. The van der Waals surface area contributed by atoms with Crippen molar-refractivity contribution in [3.63, 3.8) is 0 Å². The van der Waals surface area contributed by atoms with E-state index in [9.17, 15) is 4.79 Å². The molecule has 0 bridgehead atoms. The van der Waals surface area contributed by atoms with Gasteiger partial charge in [-0.2, -0.15) is 5.10 Å². The average Bonchev–Trinajstić information content (AvgIpc) is 2.81. The Kier molecular flexibility index (Phi) is 5.30. The summed E-state index contributed by atoms with van der Waals surface area (Å²) >= 11 is 1.64. The Morgan fingerprint density at radius 2 is 1.77 bits per heavy atom. The van der Waals surface area contributed by atoms with Crippen LogP contribution in [0.3, 0.4) is 0 Å². The van der Waals surface area contributed by atoms with Crippen molar-refractivity contribution in [1.82, 2.24) is 14.8 Å². The molecule has 0 radical (unpaired) electrons. The van der Waals surface area contributed by atoms with Crippen molar-refractivity contribution in [3.05, 3.63) is 76.3 Å². The molecule has 1 aliphatic carbocycles. The van der Waals surface area contributed by atoms with Gasteiger partial charge < -0.3 is 0 Å². The van der Waals surface area contributed by atoms with Gasteiger partial charge in [-0.15, -0.1) is 11.8 Å². The molecular formula is C25H25N3OS. The maximum atomic E-state index is 13.4. The van der Waals surface area contributed by atoms with Crippen LogP contribution in [0.2, 0.25) is 0 Å². The molecule has 0 spiro atoms. The molecule has 2 heterocycles. The van der Waals surface area contributed by atoms with Gasteiger partial charge in [-0.3, -0.25) is 4.79 Å². The first-order valence-corrected chi connectivity index (χ1v) is 11.9. The largest absolute Gasteiger partial charge is 0.274 e. The van der Waals surface area contributed by atoms with Crippen molar-refractivity contribution in [2.24, 2.45) is 0 Å². The number of nitrogens with zero attached hydrogens (tertiary/aromatic N) is 3. The van der Waals surface area contributed by atoms with E-state index in [0.29, 0.717) is 0 Å². The first kappa shape index (κ1) is 19.3. The van der Waals surface area contributed by atoms with Gasteiger partial charge in [0, 0.05) is 11.6 Å². The summed E-state index contributed by atoms with van der Waals surface area (Å²) < 4.78 is 1.74. The molecule has 4 aromatic rings. The Bertz CT molecular complexity index is 1260. The fraction of sp³-hybridized carbons (Fsp3) is 0.320. The second-order valence-electron chi connectivity index (χ2n) is 8.11. The highest BCUT2D eigenvalue weighted by atomic mass is 32.2. The maximum absolute atomic E-state index is 13.4. The van der Waals surface area contributed by atoms with Gasteiger partial charge in [-0.05, 0) is 59.6 Å². The first-order chi connectivity index (χ1) is 14.7. The molecule has 5 rings (SSSR count). The van der Waals surface area contributed by atoms with Crippen LogP contribution >= 0.6 is 11.8 Å². The van der Waals surface area contributed by atoms with Crippen LogP contribution in [0.5, 0.6) is 0 Å². The lowest BCUT2D eigenvalue weighted by Crippen LogP contribution is -2.28. The Balaban J connectivity index is 1.66. The molecule has 1 aliphatic rings. The Morgan fingerprint density at radius 1 is 0.967 bits per heavy atom. The third-order valence-electron chi connectivity index (χ3n) is 6.24. The van der Waals surface area contributed by atoms with Crippen LogP contribution in [0.1, 0.15) is 49.3 Å². The smallest absolute Gasteiger partial charge is 0.267 e. The molecule has 2 aromatic heterocycles. The average molecular weight is 416 g/mol. The molecule has 30 heavy (non-hydrogen) atoms. The Hall–Kier alpha value is -2.66. The zero-order chi connectivity index (χ0) is 20.5. The summed E-state index contributed by atoms with van der Waals surface area (Å²) in [5.74, 6) is 0. The Labute approximate surface area is 180 Å². The van der Waals surface area contributed by atoms with Crippen LogP contribution in [-0.4, -0.2) is 21.0 Å². The lowest BCUT2D eigenvalue weighted by molar-refractivity contribution is 0.320. The van der Waals surface area contributed by atoms with E-state index in [0.717, 1.165) is 51.6 Å². The van der Waals surface area contributed by atoms with Crippen LogP contribution in [0, 0.1) is 0 Å². The van der Waals surface area contributed by atoms with E-state index >= 15 is 0 Å². The number of hydrogen-bond acceptors (Lipinski definition) is 4. The lowest BCUT2D eigenvalue weighted by Gasteiger charge is -2.23. The van der Waals surface area contributed by atoms with Crippen LogP contribution in [0.15, 0.2) is 64.7 Å². The van der Waals surface area contributed by atoms with Gasteiger partial charge >= 0.3 is 0 Å². The molecule has 0 N–H and O–H groups in total. The van der Waals surface area contributed by atoms with Gasteiger partial charge in [0.2, 0.25) is 0 Å². The van der Waals surface area contributed by atoms with E-state index in [2.05, 4.69) is 46.5 Å². The zero-order valence-electron chi connectivity index (χ0n) is 17.2. The number of thioether (sulfide) groups is 1. The number of rotatable bonds is 4. The summed E-state index contributed by atoms with van der Waals surface area (Å²) in [5, 5.41) is 9.62. The predicted octanol–water partition coefficient (Wildman–Crippen LogP) is 5.76. The summed E-state index contributed by atoms with van der Waals surface area (Å²) in [7, 11) is 0. The monoisotopic (exact) mass is 415 g/mol. The molecule has 0 amide bonds. The van der Waals surface area contributed by atoms with Crippen molar-refractivity contribution in [1.29, 1.82) is 0 Å². The third-order valence-corrected chi connectivity index (χ3v) is 6.90. The quantitative estimate of drug-likeness (QED) is 0.314. The number of hydrogen-bond donors (Lipinski definition) is 0. The molecule has 152 valence electrons. The molecule has 1 saturated carbocycles. The SMILES string of the molecule is CSc1ccc(Cc2cc3c(=O)n(C4CCCCC4)ncc3c3ccccc23)cn1. The van der Waals surface area contributed by atoms with Gasteiger partial charge in [-0.1, -0.05) is 49.6 Å². The van der Waals surface area contributed by atoms with Crippen molar-refractivity contribution in [3.8, 4) is 0 Å². The summed E-state index contributed by atoms with van der Waals surface area (Å²) in [6, 6.07) is 14.8. The summed E-state index contributed by atoms with van der Waals surface area (Å²) in [6.45, 7) is 0. The highest BCUT2D eigenvalue weighted by Gasteiger charge is 2.19. The molecule has 0 atom stereocenters. The standard InChI is InChI=1S/C25H25N3OS/c1-30-24-12-11-17(15-26-24)13-18-14-22-23(21-10-6-5-9-20(18)21)16-27-28(25(22)29)19-7-3-2-4-8-19/h5-6,9-12,14-16,19H,2-4,7-8,13H2,1H3. The predicted molar refractivity (Wildman–Crippen MR) is 124 cm³/mol. The fourth-order valence-corrected chi connectivity index (χ4v) is 5.03. The maximum Gasteiger partial charge on any atom is 0.274 e. The van der Waals surface area contributed by atoms with E-state index in [1.165, 1.54) is 24.6 Å². The van der Waals surface area contributed by atoms with Gasteiger partial charge in [0.05, 0.1) is 22.7 Å². The fourth-order valence-electron chi connectivity index (χ4n) is 4.67. The van der Waals surface area contributed by atoms with Crippen molar-refractivity contribution in [2.75, 3.05) is 6.26 Å². The van der Waals surface area contributed by atoms with Gasteiger partial charge in [0.25, 0.3) is 5.56 Å². The molecule has 4 nitrogen and oxygen atoms in total. The second kappa shape index (κ2) is 8.23. The summed E-state index contributed by atoms with van der Waals surface area (Å²) in [4.78, 5) is 18.0. The van der Waals surface area contributed by atoms with Crippen LogP contribution in [0.4, 0.5) is 0 Å². The summed E-state index contributed by atoms with van der Waals surface area (Å²) in [5.41, 5.74) is 2.36. The van der Waals surface area contributed by atoms with E-state index in [4.69, 9.17) is 0 Å². The normalized spacial score (nSPS) is 15.1. The third kappa shape index (κ3) is 3.52. The summed E-state index contributed by atoms with van der Waals surface area (Å²) in [6.07, 6.45) is 12.3. The highest BCUT2D eigenvalue weighted by Crippen LogP contribution is 2.30. The van der Waals surface area contributed by atoms with E-state index < -0.39 is 0 Å². The van der Waals surface area contributed by atoms with Crippen LogP contribution in [0.25, 0.3) is 21.5 Å². The number of aromatic nitrogens is 3. The van der Waals surface area contributed by atoms with Gasteiger partial charge in [-0.25, -0.2) is 9.67 Å². The number of fused-ring (bicyclic) bond motifs is 3. The molecule has 0 aliphatic heterocycles. The lowest BCUT2D eigenvalue weighted by atomic mass is 9.94. The van der Waals surface area contributed by atoms with Crippen molar-refractivity contribution in [2.45, 2.75) is 49.6 Å². The Morgan fingerprint density at radius 3 is 2.50 bits per heavy atom.